The van der Waals surface area contributed by atoms with E-state index in [1.165, 1.54) is 21.8 Å². The van der Waals surface area contributed by atoms with Crippen molar-refractivity contribution in [3.63, 3.8) is 0 Å². The lowest BCUT2D eigenvalue weighted by Gasteiger charge is -2.00. The standard InChI is InChI=1S/C17H17N3OS2/c1-11-12(2)23-16(19-11)9-18-17(21)14-10-22-15(20-14)8-13-6-4-3-5-7-13/h3-7,10H,8-9H2,1-2H3,(H,18,21). The molecule has 1 N–H and O–H groups in total. The lowest BCUT2D eigenvalue weighted by molar-refractivity contribution is 0.0946. The molecule has 2 aromatic heterocycles. The highest BCUT2D eigenvalue weighted by Gasteiger charge is 2.12. The molecule has 3 rings (SSSR count). The van der Waals surface area contributed by atoms with Crippen molar-refractivity contribution in [2.75, 3.05) is 0 Å². The number of amides is 1. The second-order valence-electron chi connectivity index (χ2n) is 5.22. The SMILES string of the molecule is Cc1nc(CNC(=O)c2csc(Cc3ccccc3)n2)sc1C. The average molecular weight is 343 g/mol. The Labute approximate surface area is 143 Å². The van der Waals surface area contributed by atoms with Crippen LogP contribution in [0.3, 0.4) is 0 Å². The van der Waals surface area contributed by atoms with E-state index >= 15 is 0 Å². The monoisotopic (exact) mass is 343 g/mol. The Balaban J connectivity index is 1.60. The maximum Gasteiger partial charge on any atom is 0.271 e. The fourth-order valence-electron chi connectivity index (χ4n) is 2.13. The zero-order valence-electron chi connectivity index (χ0n) is 13.0. The predicted molar refractivity (Wildman–Crippen MR) is 94.1 cm³/mol. The largest absolute Gasteiger partial charge is 0.344 e. The fraction of sp³-hybridized carbons (Fsp3) is 0.235. The third kappa shape index (κ3) is 4.03. The molecular weight excluding hydrogens is 326 g/mol. The van der Waals surface area contributed by atoms with Crippen LogP contribution in [0.1, 0.15) is 36.6 Å². The lowest BCUT2D eigenvalue weighted by Crippen LogP contribution is -2.23. The van der Waals surface area contributed by atoms with Gasteiger partial charge in [-0.1, -0.05) is 30.3 Å². The molecule has 0 fully saturated rings. The number of benzene rings is 1. The summed E-state index contributed by atoms with van der Waals surface area (Å²) >= 11 is 3.13. The van der Waals surface area contributed by atoms with E-state index in [4.69, 9.17) is 0 Å². The minimum atomic E-state index is -0.147. The van der Waals surface area contributed by atoms with Gasteiger partial charge in [-0.25, -0.2) is 9.97 Å². The maximum absolute atomic E-state index is 12.2. The van der Waals surface area contributed by atoms with Crippen LogP contribution in [0.2, 0.25) is 0 Å². The summed E-state index contributed by atoms with van der Waals surface area (Å²) < 4.78 is 0. The van der Waals surface area contributed by atoms with Gasteiger partial charge in [0.15, 0.2) is 0 Å². The molecule has 1 amide bonds. The number of aryl methyl sites for hydroxylation is 2. The zero-order chi connectivity index (χ0) is 16.2. The van der Waals surface area contributed by atoms with E-state index in [0.717, 1.165) is 22.1 Å². The van der Waals surface area contributed by atoms with E-state index in [0.29, 0.717) is 12.2 Å². The molecule has 0 spiro atoms. The first-order valence-corrected chi connectivity index (χ1v) is 9.01. The predicted octanol–water partition coefficient (Wildman–Crippen LogP) is 3.74. The molecule has 0 radical (unpaired) electrons. The molecule has 1 aromatic carbocycles. The van der Waals surface area contributed by atoms with Crippen LogP contribution in [-0.4, -0.2) is 15.9 Å². The van der Waals surface area contributed by atoms with E-state index in [1.807, 2.05) is 37.4 Å². The maximum atomic E-state index is 12.2. The van der Waals surface area contributed by atoms with Crippen LogP contribution >= 0.6 is 22.7 Å². The Kier molecular flexibility index (Phi) is 4.83. The minimum absolute atomic E-state index is 0.147. The quantitative estimate of drug-likeness (QED) is 0.768. The summed E-state index contributed by atoms with van der Waals surface area (Å²) in [5.74, 6) is -0.147. The normalized spacial score (nSPS) is 10.7. The summed E-state index contributed by atoms with van der Waals surface area (Å²) in [5.41, 5.74) is 2.70. The third-order valence-electron chi connectivity index (χ3n) is 3.46. The molecule has 118 valence electrons. The zero-order valence-corrected chi connectivity index (χ0v) is 14.6. The molecule has 3 aromatic rings. The van der Waals surface area contributed by atoms with Gasteiger partial charge in [0.05, 0.1) is 17.2 Å². The van der Waals surface area contributed by atoms with Crippen LogP contribution in [0.5, 0.6) is 0 Å². The first-order chi connectivity index (χ1) is 11.1. The van der Waals surface area contributed by atoms with Crippen LogP contribution in [0.25, 0.3) is 0 Å². The van der Waals surface area contributed by atoms with Crippen molar-refractivity contribution in [2.45, 2.75) is 26.8 Å². The average Bonchev–Trinajstić information content (AvgIpc) is 3.13. The van der Waals surface area contributed by atoms with Gasteiger partial charge in [0, 0.05) is 16.7 Å². The molecule has 0 atom stereocenters. The van der Waals surface area contributed by atoms with Gasteiger partial charge in [-0.3, -0.25) is 4.79 Å². The van der Waals surface area contributed by atoms with Crippen molar-refractivity contribution in [3.05, 3.63) is 67.6 Å². The number of aromatic nitrogens is 2. The number of nitrogens with zero attached hydrogens (tertiary/aromatic N) is 2. The van der Waals surface area contributed by atoms with Crippen LogP contribution in [0.4, 0.5) is 0 Å². The first kappa shape index (κ1) is 15.8. The third-order valence-corrected chi connectivity index (χ3v) is 5.38. The summed E-state index contributed by atoms with van der Waals surface area (Å²) in [5, 5.41) is 6.57. The van der Waals surface area contributed by atoms with Gasteiger partial charge in [-0.2, -0.15) is 0 Å². The Hall–Kier alpha value is -2.05. The summed E-state index contributed by atoms with van der Waals surface area (Å²) in [6.45, 7) is 4.46. The number of carbonyl (C=O) groups excluding carboxylic acids is 1. The van der Waals surface area contributed by atoms with Crippen molar-refractivity contribution < 1.29 is 4.79 Å². The highest BCUT2D eigenvalue weighted by atomic mass is 32.1. The van der Waals surface area contributed by atoms with Crippen molar-refractivity contribution in [1.29, 1.82) is 0 Å². The number of carbonyl (C=O) groups is 1. The Morgan fingerprint density at radius 3 is 2.61 bits per heavy atom. The second-order valence-corrected chi connectivity index (χ2v) is 7.45. The Bertz CT molecular complexity index is 789. The molecule has 6 heteroatoms. The molecular formula is C17H17N3OS2. The minimum Gasteiger partial charge on any atom is -0.344 e. The topological polar surface area (TPSA) is 54.9 Å². The number of thiazole rings is 2. The van der Waals surface area contributed by atoms with Crippen molar-refractivity contribution in [3.8, 4) is 0 Å². The molecule has 0 saturated carbocycles. The van der Waals surface area contributed by atoms with E-state index in [1.54, 1.807) is 11.3 Å². The summed E-state index contributed by atoms with van der Waals surface area (Å²) in [7, 11) is 0. The van der Waals surface area contributed by atoms with Gasteiger partial charge in [0.25, 0.3) is 5.91 Å². The number of hydrogen-bond donors (Lipinski definition) is 1. The number of hydrogen-bond acceptors (Lipinski definition) is 5. The molecule has 23 heavy (non-hydrogen) atoms. The number of rotatable bonds is 5. The molecule has 2 heterocycles. The van der Waals surface area contributed by atoms with Gasteiger partial charge in [0.2, 0.25) is 0 Å². The molecule has 0 unspecified atom stereocenters. The van der Waals surface area contributed by atoms with Crippen LogP contribution < -0.4 is 5.32 Å². The summed E-state index contributed by atoms with van der Waals surface area (Å²) in [6, 6.07) is 10.1. The van der Waals surface area contributed by atoms with E-state index in [9.17, 15) is 4.79 Å². The van der Waals surface area contributed by atoms with Crippen molar-refractivity contribution in [2.24, 2.45) is 0 Å². The fourth-order valence-corrected chi connectivity index (χ4v) is 3.81. The lowest BCUT2D eigenvalue weighted by atomic mass is 10.2. The van der Waals surface area contributed by atoms with E-state index in [2.05, 4.69) is 27.4 Å². The Morgan fingerprint density at radius 1 is 1.13 bits per heavy atom. The van der Waals surface area contributed by atoms with Gasteiger partial charge in [-0.05, 0) is 19.4 Å². The highest BCUT2D eigenvalue weighted by molar-refractivity contribution is 7.11. The van der Waals surface area contributed by atoms with Crippen molar-refractivity contribution in [1.82, 2.24) is 15.3 Å². The van der Waals surface area contributed by atoms with Gasteiger partial charge >= 0.3 is 0 Å². The molecule has 0 aliphatic rings. The van der Waals surface area contributed by atoms with Gasteiger partial charge in [0.1, 0.15) is 10.7 Å². The van der Waals surface area contributed by atoms with Gasteiger partial charge in [-0.15, -0.1) is 22.7 Å². The summed E-state index contributed by atoms with van der Waals surface area (Å²) in [4.78, 5) is 22.2. The smallest absolute Gasteiger partial charge is 0.271 e. The van der Waals surface area contributed by atoms with Crippen LogP contribution in [0.15, 0.2) is 35.7 Å². The molecule has 0 aliphatic heterocycles. The van der Waals surface area contributed by atoms with E-state index < -0.39 is 0 Å². The summed E-state index contributed by atoms with van der Waals surface area (Å²) in [6.07, 6.45) is 0.754. The van der Waals surface area contributed by atoms with Crippen LogP contribution in [-0.2, 0) is 13.0 Å². The van der Waals surface area contributed by atoms with Crippen LogP contribution in [0, 0.1) is 13.8 Å². The van der Waals surface area contributed by atoms with Crippen molar-refractivity contribution >= 4 is 28.6 Å². The first-order valence-electron chi connectivity index (χ1n) is 7.31. The highest BCUT2D eigenvalue weighted by Crippen LogP contribution is 2.17. The molecule has 0 bridgehead atoms. The van der Waals surface area contributed by atoms with Gasteiger partial charge < -0.3 is 5.32 Å². The second kappa shape index (κ2) is 7.02. The molecule has 4 nitrogen and oxygen atoms in total. The Morgan fingerprint density at radius 2 is 1.91 bits per heavy atom. The molecule has 0 saturated heterocycles. The number of nitrogens with one attached hydrogen (secondary N) is 1. The van der Waals surface area contributed by atoms with E-state index in [-0.39, 0.29) is 5.91 Å². The molecule has 0 aliphatic carbocycles.